The van der Waals surface area contributed by atoms with Gasteiger partial charge < -0.3 is 0 Å². The largest absolute Gasteiger partial charge is 0.119 e. The van der Waals surface area contributed by atoms with E-state index in [0.717, 1.165) is 0 Å². The minimum absolute atomic E-state index is 0.152. The van der Waals surface area contributed by atoms with Gasteiger partial charge in [0.25, 0.3) is 0 Å². The Labute approximate surface area is 75.4 Å². The van der Waals surface area contributed by atoms with Crippen molar-refractivity contribution in [1.82, 2.24) is 0 Å². The van der Waals surface area contributed by atoms with Crippen LogP contribution in [0.4, 0.5) is 0 Å². The van der Waals surface area contributed by atoms with Crippen molar-refractivity contribution in [3.05, 3.63) is 24.3 Å². The Bertz CT molecular complexity index is 242. The van der Waals surface area contributed by atoms with E-state index < -0.39 is 0 Å². The van der Waals surface area contributed by atoms with Gasteiger partial charge in [0.2, 0.25) is 0 Å². The molecule has 0 aromatic carbocycles. The zero-order valence-electron chi connectivity index (χ0n) is 7.62. The molecule has 0 aliphatic rings. The summed E-state index contributed by atoms with van der Waals surface area (Å²) in [6, 6.07) is 0. The number of hydrogen-bond acceptors (Lipinski definition) is 0. The molecule has 0 saturated carbocycles. The lowest BCUT2D eigenvalue weighted by Crippen LogP contribution is -2.03. The highest BCUT2D eigenvalue weighted by molar-refractivity contribution is 5.15. The smallest absolute Gasteiger partial charge is 0.0440 e. The first-order chi connectivity index (χ1) is 5.76. The van der Waals surface area contributed by atoms with E-state index in [0.29, 0.717) is 5.92 Å². The van der Waals surface area contributed by atoms with Crippen molar-refractivity contribution in [2.45, 2.75) is 13.8 Å². The second-order valence-corrected chi connectivity index (χ2v) is 2.60. The Morgan fingerprint density at radius 1 is 1.25 bits per heavy atom. The highest BCUT2D eigenvalue weighted by Crippen LogP contribution is 2.13. The second kappa shape index (κ2) is 6.32. The normalized spacial score (nSPS) is 15.7. The fourth-order valence-corrected chi connectivity index (χ4v) is 0.917. The van der Waals surface area contributed by atoms with E-state index in [4.69, 9.17) is 12.8 Å². The van der Waals surface area contributed by atoms with E-state index in [-0.39, 0.29) is 5.92 Å². The maximum absolute atomic E-state index is 5.34. The Balaban J connectivity index is 4.26. The summed E-state index contributed by atoms with van der Waals surface area (Å²) >= 11 is 0. The third-order valence-corrected chi connectivity index (χ3v) is 1.65. The number of hydrogen-bond donors (Lipinski definition) is 0. The molecule has 0 aliphatic heterocycles. The molecule has 0 spiro atoms. The Hall–Kier alpha value is -1.40. The molecule has 0 bridgehead atoms. The molecular formula is C12H14. The minimum atomic E-state index is 0.152. The summed E-state index contributed by atoms with van der Waals surface area (Å²) in [5, 5.41) is 0. The van der Waals surface area contributed by atoms with Crippen LogP contribution in [0.2, 0.25) is 0 Å². The van der Waals surface area contributed by atoms with Gasteiger partial charge in [0, 0.05) is 5.92 Å². The first kappa shape index (κ1) is 10.6. The van der Waals surface area contributed by atoms with Gasteiger partial charge in [-0.2, -0.15) is 0 Å². The van der Waals surface area contributed by atoms with Crippen molar-refractivity contribution in [3.8, 4) is 24.7 Å². The third kappa shape index (κ3) is 3.69. The molecule has 0 radical (unpaired) electrons. The molecule has 0 aromatic heterocycles. The molecule has 62 valence electrons. The Kier molecular flexibility index (Phi) is 5.58. The molecule has 0 rings (SSSR count). The van der Waals surface area contributed by atoms with Gasteiger partial charge in [0.05, 0.1) is 0 Å². The van der Waals surface area contributed by atoms with E-state index in [9.17, 15) is 0 Å². The van der Waals surface area contributed by atoms with Crippen molar-refractivity contribution in [2.75, 3.05) is 0 Å². The minimum Gasteiger partial charge on any atom is -0.119 e. The van der Waals surface area contributed by atoms with E-state index >= 15 is 0 Å². The van der Waals surface area contributed by atoms with Gasteiger partial charge in [-0.05, 0) is 18.9 Å². The Morgan fingerprint density at radius 3 is 2.33 bits per heavy atom. The molecule has 0 heteroatoms. The van der Waals surface area contributed by atoms with E-state index in [1.807, 2.05) is 25.2 Å². The molecule has 0 nitrogen and oxygen atoms in total. The van der Waals surface area contributed by atoms with Gasteiger partial charge in [0.1, 0.15) is 0 Å². The topological polar surface area (TPSA) is 0 Å². The van der Waals surface area contributed by atoms with E-state index in [2.05, 4.69) is 18.8 Å². The maximum Gasteiger partial charge on any atom is 0.0440 e. The lowest BCUT2D eigenvalue weighted by atomic mass is 9.94. The van der Waals surface area contributed by atoms with Crippen LogP contribution < -0.4 is 0 Å². The maximum atomic E-state index is 5.34. The van der Waals surface area contributed by atoms with Gasteiger partial charge in [-0.25, -0.2) is 0 Å². The molecule has 0 fully saturated rings. The summed E-state index contributed by atoms with van der Waals surface area (Å²) in [6.45, 7) is 4.01. The van der Waals surface area contributed by atoms with Gasteiger partial charge >= 0.3 is 0 Å². The highest BCUT2D eigenvalue weighted by atomic mass is 14.1. The first-order valence-corrected chi connectivity index (χ1v) is 3.98. The zero-order chi connectivity index (χ0) is 9.40. The fraction of sp³-hybridized carbons (Fsp3) is 0.333. The first-order valence-electron chi connectivity index (χ1n) is 3.98. The van der Waals surface area contributed by atoms with Gasteiger partial charge in [-0.15, -0.1) is 12.8 Å². The monoisotopic (exact) mass is 158 g/mol. The molecule has 0 saturated heterocycles. The summed E-state index contributed by atoms with van der Waals surface area (Å²) in [6.07, 6.45) is 18.0. The van der Waals surface area contributed by atoms with Crippen molar-refractivity contribution in [1.29, 1.82) is 0 Å². The van der Waals surface area contributed by atoms with Crippen LogP contribution >= 0.6 is 0 Å². The predicted octanol–water partition coefficient (Wildman–Crippen LogP) is 2.64. The van der Waals surface area contributed by atoms with Crippen LogP contribution in [0, 0.1) is 36.5 Å². The molecule has 0 amide bonds. The van der Waals surface area contributed by atoms with Gasteiger partial charge in [-0.3, -0.25) is 0 Å². The van der Waals surface area contributed by atoms with Gasteiger partial charge in [0.15, 0.2) is 0 Å². The van der Waals surface area contributed by atoms with Crippen LogP contribution in [0.3, 0.4) is 0 Å². The summed E-state index contributed by atoms with van der Waals surface area (Å²) < 4.78 is 0. The molecule has 0 aliphatic carbocycles. The van der Waals surface area contributed by atoms with E-state index in [1.165, 1.54) is 0 Å². The predicted molar refractivity (Wildman–Crippen MR) is 54.3 cm³/mol. The van der Waals surface area contributed by atoms with Crippen LogP contribution in [0.5, 0.6) is 0 Å². The quantitative estimate of drug-likeness (QED) is 0.437. The standard InChI is InChI=1S/C12H14/c1-5-8-10-11(4)12(7-3)9-6-2/h1,3,6,8-12H,2,4H3/b9-6+,10-8+. The lowest BCUT2D eigenvalue weighted by molar-refractivity contribution is 0.630. The highest BCUT2D eigenvalue weighted by Gasteiger charge is 2.06. The molecule has 0 aromatic rings. The fourth-order valence-electron chi connectivity index (χ4n) is 0.917. The average Bonchev–Trinajstić information content (AvgIpc) is 2.10. The number of rotatable bonds is 3. The number of terminal acetylenes is 2. The zero-order valence-corrected chi connectivity index (χ0v) is 7.62. The van der Waals surface area contributed by atoms with E-state index in [1.54, 1.807) is 6.08 Å². The number of allylic oxidation sites excluding steroid dienone is 4. The van der Waals surface area contributed by atoms with Crippen molar-refractivity contribution in [3.63, 3.8) is 0 Å². The van der Waals surface area contributed by atoms with Crippen LogP contribution in [0.1, 0.15) is 13.8 Å². The molecule has 2 unspecified atom stereocenters. The molecule has 12 heavy (non-hydrogen) atoms. The summed E-state index contributed by atoms with van der Waals surface area (Å²) in [7, 11) is 0. The molecular weight excluding hydrogens is 144 g/mol. The lowest BCUT2D eigenvalue weighted by Gasteiger charge is -2.09. The van der Waals surface area contributed by atoms with Crippen LogP contribution in [0.15, 0.2) is 24.3 Å². The van der Waals surface area contributed by atoms with Crippen molar-refractivity contribution >= 4 is 0 Å². The molecule has 2 atom stereocenters. The van der Waals surface area contributed by atoms with Gasteiger partial charge in [-0.1, -0.05) is 37.0 Å². The SMILES string of the molecule is C#C/C=C/C(C)C(C#C)/C=C/C. The average molecular weight is 158 g/mol. The summed E-state index contributed by atoms with van der Waals surface area (Å²) in [4.78, 5) is 0. The summed E-state index contributed by atoms with van der Waals surface area (Å²) in [5.74, 6) is 5.61. The molecule has 0 heterocycles. The molecule has 0 N–H and O–H groups in total. The second-order valence-electron chi connectivity index (χ2n) is 2.60. The summed E-state index contributed by atoms with van der Waals surface area (Å²) in [5.41, 5.74) is 0. The van der Waals surface area contributed by atoms with Crippen LogP contribution in [-0.4, -0.2) is 0 Å². The van der Waals surface area contributed by atoms with Crippen molar-refractivity contribution < 1.29 is 0 Å². The van der Waals surface area contributed by atoms with Crippen molar-refractivity contribution in [2.24, 2.45) is 11.8 Å². The van der Waals surface area contributed by atoms with Crippen LogP contribution in [-0.2, 0) is 0 Å². The van der Waals surface area contributed by atoms with Crippen LogP contribution in [0.25, 0.3) is 0 Å². The third-order valence-electron chi connectivity index (χ3n) is 1.65. The Morgan fingerprint density at radius 2 is 1.92 bits per heavy atom.